The van der Waals surface area contributed by atoms with Crippen molar-refractivity contribution in [2.75, 3.05) is 0 Å². The monoisotopic (exact) mass is 681 g/mol. The van der Waals surface area contributed by atoms with Gasteiger partial charge in [-0.25, -0.2) is 9.97 Å². The van der Waals surface area contributed by atoms with Gasteiger partial charge >= 0.3 is 0 Å². The Kier molecular flexibility index (Phi) is 6.55. The van der Waals surface area contributed by atoms with Crippen molar-refractivity contribution in [3.63, 3.8) is 0 Å². The van der Waals surface area contributed by atoms with E-state index in [-0.39, 0.29) is 11.8 Å². The number of rotatable bonds is 4. The normalized spacial score (nSPS) is 16.2. The molecule has 6 aromatic carbocycles. The van der Waals surface area contributed by atoms with Crippen molar-refractivity contribution in [1.29, 1.82) is 0 Å². The smallest absolute Gasteiger partial charge is 0.235 e. The average molecular weight is 682 g/mol. The molecular formula is C48H31N3S. The Balaban J connectivity index is 1.17. The molecule has 0 amide bonds. The molecule has 0 bridgehead atoms. The minimum atomic E-state index is 0.166. The van der Waals surface area contributed by atoms with Crippen molar-refractivity contribution in [1.82, 2.24) is 14.5 Å². The number of hydrogen-bond acceptors (Lipinski definition) is 3. The SMILES string of the molecule is C1=CC2C=Cc3c(n(-c4nc(-c5ccccc5)c5ccccc5n4)c4c(-c5cccc(-c6ccc7sc8ccccc8c7c6)c5)cccc34)C2C=C1. The summed E-state index contributed by atoms with van der Waals surface area (Å²) in [6.45, 7) is 0. The molecule has 11 rings (SSSR count). The van der Waals surface area contributed by atoms with E-state index in [0.29, 0.717) is 5.95 Å². The molecule has 3 nitrogen and oxygen atoms in total. The van der Waals surface area contributed by atoms with Crippen molar-refractivity contribution >= 4 is 59.4 Å². The van der Waals surface area contributed by atoms with Crippen molar-refractivity contribution in [2.45, 2.75) is 5.92 Å². The molecule has 0 N–H and O–H groups in total. The molecule has 0 fully saturated rings. The predicted molar refractivity (Wildman–Crippen MR) is 219 cm³/mol. The summed E-state index contributed by atoms with van der Waals surface area (Å²) < 4.78 is 5.02. The van der Waals surface area contributed by atoms with Gasteiger partial charge < -0.3 is 0 Å². The Hall–Kier alpha value is -6.36. The van der Waals surface area contributed by atoms with Crippen molar-refractivity contribution < 1.29 is 0 Å². The van der Waals surface area contributed by atoms with Crippen LogP contribution in [-0.2, 0) is 0 Å². The molecule has 0 saturated carbocycles. The van der Waals surface area contributed by atoms with E-state index in [1.165, 1.54) is 47.9 Å². The number of hydrogen-bond donors (Lipinski definition) is 0. The first-order valence-electron chi connectivity index (χ1n) is 17.8. The Morgan fingerprint density at radius 3 is 2.19 bits per heavy atom. The first-order chi connectivity index (χ1) is 25.8. The highest BCUT2D eigenvalue weighted by Crippen LogP contribution is 2.46. The topological polar surface area (TPSA) is 30.7 Å². The van der Waals surface area contributed by atoms with Crippen molar-refractivity contribution in [3.05, 3.63) is 181 Å². The van der Waals surface area contributed by atoms with Gasteiger partial charge in [-0.1, -0.05) is 146 Å². The lowest BCUT2D eigenvalue weighted by molar-refractivity contribution is 0.656. The van der Waals surface area contributed by atoms with Gasteiger partial charge in [0.2, 0.25) is 5.95 Å². The maximum absolute atomic E-state index is 5.44. The zero-order valence-electron chi connectivity index (χ0n) is 28.1. The lowest BCUT2D eigenvalue weighted by Gasteiger charge is -2.27. The standard InChI is InChI=1S/C48H31N3S/c1-2-13-31(14-3-1)45-40-19-6-8-22-42(40)49-48(50-45)51-46-35-17-5-4-12-30(35)24-26-39(46)38-21-11-20-36(47(38)51)34-16-10-15-32(28-34)33-25-27-44-41(29-33)37-18-7-9-23-43(37)52-44/h1-30,35H. The van der Waals surface area contributed by atoms with Crippen LogP contribution in [0.4, 0.5) is 0 Å². The van der Waals surface area contributed by atoms with Gasteiger partial charge in [-0.3, -0.25) is 4.57 Å². The predicted octanol–water partition coefficient (Wildman–Crippen LogP) is 12.8. The molecule has 0 spiro atoms. The van der Waals surface area contributed by atoms with Crippen molar-refractivity contribution in [2.24, 2.45) is 5.92 Å². The second kappa shape index (κ2) is 11.6. The maximum atomic E-state index is 5.44. The van der Waals surface area contributed by atoms with E-state index in [0.717, 1.165) is 38.8 Å². The van der Waals surface area contributed by atoms with E-state index in [1.807, 2.05) is 11.3 Å². The number of fused-ring (bicyclic) bond motifs is 9. The number of nitrogens with zero attached hydrogens (tertiary/aromatic N) is 3. The third-order valence-corrected chi connectivity index (χ3v) is 11.9. The third-order valence-electron chi connectivity index (χ3n) is 10.8. The molecular weight excluding hydrogens is 651 g/mol. The molecule has 3 aromatic heterocycles. The lowest BCUT2D eigenvalue weighted by Crippen LogP contribution is -2.18. The van der Waals surface area contributed by atoms with Gasteiger partial charge in [0, 0.05) is 65.2 Å². The van der Waals surface area contributed by atoms with Crippen LogP contribution in [-0.4, -0.2) is 14.5 Å². The summed E-state index contributed by atoms with van der Waals surface area (Å²) in [6, 6.07) is 50.2. The molecule has 9 aromatic rings. The molecule has 0 aliphatic heterocycles. The van der Waals surface area contributed by atoms with Gasteiger partial charge in [0.15, 0.2) is 0 Å². The molecule has 2 atom stereocenters. The van der Waals surface area contributed by atoms with Crippen LogP contribution in [0, 0.1) is 5.92 Å². The van der Waals surface area contributed by atoms with E-state index < -0.39 is 0 Å². The highest BCUT2D eigenvalue weighted by atomic mass is 32.1. The highest BCUT2D eigenvalue weighted by molar-refractivity contribution is 7.25. The molecule has 244 valence electrons. The fourth-order valence-electron chi connectivity index (χ4n) is 8.37. The minimum absolute atomic E-state index is 0.166. The number of aromatic nitrogens is 3. The molecule has 52 heavy (non-hydrogen) atoms. The molecule has 4 heteroatoms. The van der Waals surface area contributed by atoms with Gasteiger partial charge in [0.1, 0.15) is 0 Å². The third kappa shape index (κ3) is 4.51. The number of thiophene rings is 1. The summed E-state index contributed by atoms with van der Waals surface area (Å²) in [5.41, 5.74) is 11.3. The van der Waals surface area contributed by atoms with Crippen LogP contribution in [0.2, 0.25) is 0 Å². The van der Waals surface area contributed by atoms with E-state index in [4.69, 9.17) is 9.97 Å². The fraction of sp³-hybridized carbons (Fsp3) is 0.0417. The van der Waals surface area contributed by atoms with Crippen LogP contribution in [0.1, 0.15) is 17.2 Å². The summed E-state index contributed by atoms with van der Waals surface area (Å²) >= 11 is 1.86. The van der Waals surface area contributed by atoms with E-state index >= 15 is 0 Å². The molecule has 0 saturated heterocycles. The van der Waals surface area contributed by atoms with Crippen molar-refractivity contribution in [3.8, 4) is 39.5 Å². The van der Waals surface area contributed by atoms with Gasteiger partial charge in [0.25, 0.3) is 0 Å². The second-order valence-electron chi connectivity index (χ2n) is 13.7. The molecule has 2 unspecified atom stereocenters. The van der Waals surface area contributed by atoms with Gasteiger partial charge in [-0.2, -0.15) is 0 Å². The van der Waals surface area contributed by atoms with E-state index in [1.54, 1.807) is 0 Å². The summed E-state index contributed by atoms with van der Waals surface area (Å²) in [6.07, 6.45) is 13.7. The highest BCUT2D eigenvalue weighted by Gasteiger charge is 2.32. The minimum Gasteiger partial charge on any atom is -0.280 e. The van der Waals surface area contributed by atoms with Gasteiger partial charge in [0.05, 0.1) is 16.7 Å². The molecule has 3 heterocycles. The Labute approximate surface area is 305 Å². The zero-order chi connectivity index (χ0) is 34.2. The Bertz CT molecular complexity index is 2980. The zero-order valence-corrected chi connectivity index (χ0v) is 29.0. The van der Waals surface area contributed by atoms with Crippen LogP contribution in [0.25, 0.3) is 87.5 Å². The van der Waals surface area contributed by atoms with Gasteiger partial charge in [-0.05, 0) is 47.0 Å². The van der Waals surface area contributed by atoms with Crippen LogP contribution < -0.4 is 0 Å². The summed E-state index contributed by atoms with van der Waals surface area (Å²) in [7, 11) is 0. The van der Waals surface area contributed by atoms with Crippen LogP contribution in [0.3, 0.4) is 0 Å². The molecule has 0 radical (unpaired) electrons. The van der Waals surface area contributed by atoms with Crippen LogP contribution in [0.15, 0.2) is 170 Å². The molecule has 2 aliphatic rings. The first kappa shape index (κ1) is 29.4. The van der Waals surface area contributed by atoms with E-state index in [9.17, 15) is 0 Å². The summed E-state index contributed by atoms with van der Waals surface area (Å²) in [4.78, 5) is 10.8. The molecule has 2 aliphatic carbocycles. The first-order valence-corrected chi connectivity index (χ1v) is 18.7. The Morgan fingerprint density at radius 2 is 1.25 bits per heavy atom. The van der Waals surface area contributed by atoms with Crippen LogP contribution >= 0.6 is 11.3 Å². The second-order valence-corrected chi connectivity index (χ2v) is 14.8. The average Bonchev–Trinajstić information content (AvgIpc) is 3.77. The number of allylic oxidation sites excluding steroid dienone is 5. The quantitative estimate of drug-likeness (QED) is 0.185. The van der Waals surface area contributed by atoms with Gasteiger partial charge in [-0.15, -0.1) is 11.3 Å². The summed E-state index contributed by atoms with van der Waals surface area (Å²) in [5.74, 6) is 1.13. The van der Waals surface area contributed by atoms with E-state index in [2.05, 4.69) is 181 Å². The summed E-state index contributed by atoms with van der Waals surface area (Å²) in [5, 5.41) is 4.88. The maximum Gasteiger partial charge on any atom is 0.235 e. The number of benzene rings is 6. The Morgan fingerprint density at radius 1 is 0.519 bits per heavy atom. The largest absolute Gasteiger partial charge is 0.280 e. The van der Waals surface area contributed by atoms with Crippen LogP contribution in [0.5, 0.6) is 0 Å². The fourth-order valence-corrected chi connectivity index (χ4v) is 9.45. The number of para-hydroxylation sites is 2. The lowest BCUT2D eigenvalue weighted by atomic mass is 9.80.